The Morgan fingerprint density at radius 1 is 1.40 bits per heavy atom. The predicted molar refractivity (Wildman–Crippen MR) is 96.3 cm³/mol. The molecule has 25 heavy (non-hydrogen) atoms. The van der Waals surface area contributed by atoms with Crippen molar-refractivity contribution in [2.24, 2.45) is 5.92 Å². The number of nitrogens with zero attached hydrogens (tertiary/aromatic N) is 3. The first-order valence-corrected chi connectivity index (χ1v) is 9.02. The van der Waals surface area contributed by atoms with Gasteiger partial charge in [0.05, 0.1) is 0 Å². The molecule has 1 N–H and O–H groups in total. The van der Waals surface area contributed by atoms with Crippen LogP contribution in [0.5, 0.6) is 0 Å². The van der Waals surface area contributed by atoms with Gasteiger partial charge < -0.3 is 14.7 Å². The van der Waals surface area contributed by atoms with Crippen LogP contribution in [-0.2, 0) is 0 Å². The van der Waals surface area contributed by atoms with Crippen LogP contribution in [0.1, 0.15) is 42.3 Å². The molecule has 1 aliphatic rings. The molecule has 0 aliphatic carbocycles. The van der Waals surface area contributed by atoms with Crippen LogP contribution in [0.3, 0.4) is 0 Å². The fourth-order valence-corrected chi connectivity index (χ4v) is 3.43. The first-order chi connectivity index (χ1) is 12.1. The second-order valence-corrected chi connectivity index (χ2v) is 6.86. The molecule has 0 spiro atoms. The van der Waals surface area contributed by atoms with Crippen molar-refractivity contribution in [3.05, 3.63) is 35.9 Å². The number of carbonyl (C=O) groups is 1. The molecule has 0 aromatic carbocycles. The molecule has 1 unspecified atom stereocenters. The number of aromatic nitrogens is 2. The number of likely N-dealkylation sites (tertiary alicyclic amines) is 1. The summed E-state index contributed by atoms with van der Waals surface area (Å²) in [6.45, 7) is 8.11. The molecule has 2 aromatic heterocycles. The number of nitrogens with one attached hydrogen (secondary N) is 1. The van der Waals surface area contributed by atoms with E-state index in [1.165, 1.54) is 25.9 Å². The van der Waals surface area contributed by atoms with Crippen molar-refractivity contribution in [1.82, 2.24) is 20.4 Å². The number of hydrogen-bond acceptors (Lipinski definition) is 5. The zero-order valence-electron chi connectivity index (χ0n) is 15.0. The monoisotopic (exact) mass is 342 g/mol. The number of piperidine rings is 1. The van der Waals surface area contributed by atoms with Crippen molar-refractivity contribution in [3.63, 3.8) is 0 Å². The maximum atomic E-state index is 12.6. The van der Waals surface area contributed by atoms with Gasteiger partial charge in [0.15, 0.2) is 0 Å². The molecule has 6 heteroatoms. The number of carbonyl (C=O) groups excluding carboxylic acids is 1. The van der Waals surface area contributed by atoms with Gasteiger partial charge in [-0.3, -0.25) is 9.78 Å². The van der Waals surface area contributed by atoms with E-state index in [-0.39, 0.29) is 5.91 Å². The smallest absolute Gasteiger partial charge is 0.257 e. The Hall–Kier alpha value is -2.21. The lowest BCUT2D eigenvalue weighted by Gasteiger charge is -2.30. The molecule has 1 fully saturated rings. The standard InChI is InChI=1S/C19H26N4O2/c1-14-5-3-11-23(13-14)12-4-8-21-19(24)17-15(2)25-22-18(17)16-6-9-20-10-7-16/h6-7,9-10,14H,3-5,8,11-13H2,1-2H3,(H,21,24). The summed E-state index contributed by atoms with van der Waals surface area (Å²) < 4.78 is 5.24. The second-order valence-electron chi connectivity index (χ2n) is 6.86. The molecular formula is C19H26N4O2. The summed E-state index contributed by atoms with van der Waals surface area (Å²) in [4.78, 5) is 19.1. The molecular weight excluding hydrogens is 316 g/mol. The van der Waals surface area contributed by atoms with E-state index >= 15 is 0 Å². The Kier molecular flexibility index (Phi) is 5.81. The average Bonchev–Trinajstić information content (AvgIpc) is 3.01. The molecule has 1 amide bonds. The third-order valence-corrected chi connectivity index (χ3v) is 4.72. The first kappa shape index (κ1) is 17.6. The van der Waals surface area contributed by atoms with E-state index in [1.54, 1.807) is 19.3 Å². The number of amides is 1. The van der Waals surface area contributed by atoms with E-state index in [9.17, 15) is 4.79 Å². The highest BCUT2D eigenvalue weighted by Crippen LogP contribution is 2.24. The van der Waals surface area contributed by atoms with Gasteiger partial charge in [0.25, 0.3) is 5.91 Å². The van der Waals surface area contributed by atoms with Crippen molar-refractivity contribution in [2.75, 3.05) is 26.2 Å². The Labute approximate surface area is 148 Å². The quantitative estimate of drug-likeness (QED) is 0.817. The van der Waals surface area contributed by atoms with Crippen molar-refractivity contribution in [3.8, 4) is 11.3 Å². The normalized spacial score (nSPS) is 18.2. The van der Waals surface area contributed by atoms with E-state index in [0.29, 0.717) is 23.6 Å². The van der Waals surface area contributed by atoms with Gasteiger partial charge in [-0.25, -0.2) is 0 Å². The number of aryl methyl sites for hydroxylation is 1. The second kappa shape index (κ2) is 8.25. The summed E-state index contributed by atoms with van der Waals surface area (Å²) in [5.74, 6) is 1.19. The Balaban J connectivity index is 1.54. The van der Waals surface area contributed by atoms with E-state index < -0.39 is 0 Å². The minimum absolute atomic E-state index is 0.127. The fourth-order valence-electron chi connectivity index (χ4n) is 3.43. The number of hydrogen-bond donors (Lipinski definition) is 1. The van der Waals surface area contributed by atoms with Crippen LogP contribution in [0.25, 0.3) is 11.3 Å². The first-order valence-electron chi connectivity index (χ1n) is 9.02. The van der Waals surface area contributed by atoms with E-state index in [0.717, 1.165) is 24.4 Å². The zero-order chi connectivity index (χ0) is 17.6. The van der Waals surface area contributed by atoms with Crippen molar-refractivity contribution >= 4 is 5.91 Å². The lowest BCUT2D eigenvalue weighted by Crippen LogP contribution is -2.36. The highest BCUT2D eigenvalue weighted by atomic mass is 16.5. The summed E-state index contributed by atoms with van der Waals surface area (Å²) in [7, 11) is 0. The molecule has 6 nitrogen and oxygen atoms in total. The van der Waals surface area contributed by atoms with Crippen molar-refractivity contribution in [2.45, 2.75) is 33.1 Å². The molecule has 0 bridgehead atoms. The lowest BCUT2D eigenvalue weighted by molar-refractivity contribution is 0.0949. The van der Waals surface area contributed by atoms with Crippen LogP contribution in [0, 0.1) is 12.8 Å². The van der Waals surface area contributed by atoms with Gasteiger partial charge in [0.1, 0.15) is 17.0 Å². The van der Waals surface area contributed by atoms with Gasteiger partial charge in [-0.15, -0.1) is 0 Å². The number of pyridine rings is 1. The molecule has 1 aliphatic heterocycles. The summed E-state index contributed by atoms with van der Waals surface area (Å²) in [6.07, 6.45) is 6.93. The molecule has 3 heterocycles. The van der Waals surface area contributed by atoms with E-state index in [2.05, 4.69) is 27.3 Å². The summed E-state index contributed by atoms with van der Waals surface area (Å²) in [6, 6.07) is 3.65. The highest BCUT2D eigenvalue weighted by Gasteiger charge is 2.21. The van der Waals surface area contributed by atoms with E-state index in [1.807, 2.05) is 12.1 Å². The number of rotatable bonds is 6. The maximum Gasteiger partial charge on any atom is 0.257 e. The molecule has 0 saturated carbocycles. The van der Waals surface area contributed by atoms with Crippen LogP contribution in [0.15, 0.2) is 29.0 Å². The molecule has 2 aromatic rings. The van der Waals surface area contributed by atoms with Crippen LogP contribution >= 0.6 is 0 Å². The van der Waals surface area contributed by atoms with Gasteiger partial charge in [0, 0.05) is 31.0 Å². The molecule has 0 radical (unpaired) electrons. The van der Waals surface area contributed by atoms with Gasteiger partial charge in [-0.2, -0.15) is 0 Å². The predicted octanol–water partition coefficient (Wildman–Crippen LogP) is 2.90. The lowest BCUT2D eigenvalue weighted by atomic mass is 10.0. The van der Waals surface area contributed by atoms with Crippen molar-refractivity contribution in [1.29, 1.82) is 0 Å². The van der Waals surface area contributed by atoms with Crippen LogP contribution in [-0.4, -0.2) is 47.1 Å². The molecule has 3 rings (SSSR count). The summed E-state index contributed by atoms with van der Waals surface area (Å²) in [5, 5.41) is 7.05. The molecule has 1 saturated heterocycles. The average molecular weight is 342 g/mol. The maximum absolute atomic E-state index is 12.6. The summed E-state index contributed by atoms with van der Waals surface area (Å²) >= 11 is 0. The van der Waals surface area contributed by atoms with Crippen LogP contribution in [0.2, 0.25) is 0 Å². The Bertz CT molecular complexity index is 699. The van der Waals surface area contributed by atoms with Gasteiger partial charge in [0.2, 0.25) is 0 Å². The van der Waals surface area contributed by atoms with Crippen molar-refractivity contribution < 1.29 is 9.32 Å². The Morgan fingerprint density at radius 2 is 2.20 bits per heavy atom. The van der Waals surface area contributed by atoms with Crippen LogP contribution < -0.4 is 5.32 Å². The summed E-state index contributed by atoms with van der Waals surface area (Å²) in [5.41, 5.74) is 1.92. The van der Waals surface area contributed by atoms with Gasteiger partial charge in [-0.1, -0.05) is 12.1 Å². The fraction of sp³-hybridized carbons (Fsp3) is 0.526. The molecule has 134 valence electrons. The largest absolute Gasteiger partial charge is 0.360 e. The SMILES string of the molecule is Cc1onc(-c2ccncc2)c1C(=O)NCCCN1CCCC(C)C1. The zero-order valence-corrected chi connectivity index (χ0v) is 15.0. The topological polar surface area (TPSA) is 71.3 Å². The highest BCUT2D eigenvalue weighted by molar-refractivity contribution is 6.00. The molecule has 1 atom stereocenters. The van der Waals surface area contributed by atoms with Crippen LogP contribution in [0.4, 0.5) is 0 Å². The minimum atomic E-state index is -0.127. The Morgan fingerprint density at radius 3 is 2.96 bits per heavy atom. The third kappa shape index (κ3) is 4.45. The van der Waals surface area contributed by atoms with Gasteiger partial charge in [-0.05, 0) is 57.3 Å². The third-order valence-electron chi connectivity index (χ3n) is 4.72. The van der Waals surface area contributed by atoms with Gasteiger partial charge >= 0.3 is 0 Å². The van der Waals surface area contributed by atoms with E-state index in [4.69, 9.17) is 4.52 Å². The minimum Gasteiger partial charge on any atom is -0.360 e.